The first kappa shape index (κ1) is 10.3. The maximum absolute atomic E-state index is 9.28. The Balaban J connectivity index is 1.99. The summed E-state index contributed by atoms with van der Waals surface area (Å²) >= 11 is 0. The van der Waals surface area contributed by atoms with Gasteiger partial charge in [0.05, 0.1) is 6.20 Å². The van der Waals surface area contributed by atoms with Gasteiger partial charge in [-0.2, -0.15) is 5.10 Å². The topological polar surface area (TPSA) is 50.1 Å². The Hall–Kier alpha value is -2.23. The van der Waals surface area contributed by atoms with Crippen molar-refractivity contribution in [2.24, 2.45) is 0 Å². The van der Waals surface area contributed by atoms with Gasteiger partial charge >= 0.3 is 0 Å². The average molecular weight is 215 g/mol. The normalized spacial score (nSPS) is 10.0. The van der Waals surface area contributed by atoms with Crippen molar-refractivity contribution in [2.75, 3.05) is 5.32 Å². The van der Waals surface area contributed by atoms with E-state index >= 15 is 0 Å². The molecule has 0 spiro atoms. The van der Waals surface area contributed by atoms with Crippen LogP contribution in [0, 0.1) is 0 Å². The Kier molecular flexibility index (Phi) is 2.91. The van der Waals surface area contributed by atoms with Gasteiger partial charge in [0.1, 0.15) is 5.75 Å². The average Bonchev–Trinajstić information content (AvgIpc) is 2.74. The third-order valence-corrected chi connectivity index (χ3v) is 2.18. The highest BCUT2D eigenvalue weighted by molar-refractivity contribution is 5.47. The maximum Gasteiger partial charge on any atom is 0.117 e. The maximum atomic E-state index is 9.28. The number of anilines is 1. The molecular formula is C12H13N3O. The van der Waals surface area contributed by atoms with Crippen molar-refractivity contribution in [3.8, 4) is 5.75 Å². The van der Waals surface area contributed by atoms with Crippen LogP contribution in [-0.4, -0.2) is 14.9 Å². The molecule has 1 aromatic heterocycles. The largest absolute Gasteiger partial charge is 0.508 e. The SMILES string of the molecule is C=Cn1cc(CNc2cccc(O)c2)cn1. The second-order valence-corrected chi connectivity index (χ2v) is 3.42. The van der Waals surface area contributed by atoms with Crippen LogP contribution in [0.2, 0.25) is 0 Å². The van der Waals surface area contributed by atoms with E-state index in [9.17, 15) is 5.11 Å². The van der Waals surface area contributed by atoms with E-state index in [0.717, 1.165) is 11.3 Å². The molecule has 4 heteroatoms. The van der Waals surface area contributed by atoms with Gasteiger partial charge in [0.15, 0.2) is 0 Å². The van der Waals surface area contributed by atoms with Crippen molar-refractivity contribution in [1.82, 2.24) is 9.78 Å². The zero-order chi connectivity index (χ0) is 11.4. The van der Waals surface area contributed by atoms with Gasteiger partial charge in [0.2, 0.25) is 0 Å². The van der Waals surface area contributed by atoms with Crippen LogP contribution in [0.4, 0.5) is 5.69 Å². The van der Waals surface area contributed by atoms with Gasteiger partial charge in [-0.25, -0.2) is 4.68 Å². The number of aromatic hydroxyl groups is 1. The predicted octanol–water partition coefficient (Wildman–Crippen LogP) is 2.30. The molecular weight excluding hydrogens is 202 g/mol. The van der Waals surface area contributed by atoms with Gasteiger partial charge in [-0.3, -0.25) is 0 Å². The number of hydrogen-bond donors (Lipinski definition) is 2. The molecule has 0 saturated carbocycles. The Bertz CT molecular complexity index is 491. The summed E-state index contributed by atoms with van der Waals surface area (Å²) in [6.45, 7) is 4.29. The minimum Gasteiger partial charge on any atom is -0.508 e. The second-order valence-electron chi connectivity index (χ2n) is 3.42. The molecule has 0 saturated heterocycles. The van der Waals surface area contributed by atoms with Gasteiger partial charge in [-0.15, -0.1) is 0 Å². The molecule has 1 aromatic carbocycles. The first-order valence-electron chi connectivity index (χ1n) is 4.96. The van der Waals surface area contributed by atoms with E-state index in [2.05, 4.69) is 17.0 Å². The van der Waals surface area contributed by atoms with Crippen molar-refractivity contribution in [2.45, 2.75) is 6.54 Å². The molecule has 2 N–H and O–H groups in total. The van der Waals surface area contributed by atoms with Crippen LogP contribution in [0.25, 0.3) is 6.20 Å². The smallest absolute Gasteiger partial charge is 0.117 e. The Morgan fingerprint density at radius 1 is 1.50 bits per heavy atom. The zero-order valence-electron chi connectivity index (χ0n) is 8.80. The van der Waals surface area contributed by atoms with Gasteiger partial charge in [-0.05, 0) is 12.1 Å². The Morgan fingerprint density at radius 2 is 2.38 bits per heavy atom. The molecule has 0 atom stereocenters. The van der Waals surface area contributed by atoms with Crippen LogP contribution in [0.1, 0.15) is 5.56 Å². The zero-order valence-corrected chi connectivity index (χ0v) is 8.80. The summed E-state index contributed by atoms with van der Waals surface area (Å²) in [6.07, 6.45) is 5.30. The first-order valence-corrected chi connectivity index (χ1v) is 4.96. The highest BCUT2D eigenvalue weighted by Gasteiger charge is 1.97. The molecule has 16 heavy (non-hydrogen) atoms. The quantitative estimate of drug-likeness (QED) is 0.822. The molecule has 0 aliphatic rings. The summed E-state index contributed by atoms with van der Waals surface area (Å²) in [7, 11) is 0. The molecule has 0 aliphatic carbocycles. The summed E-state index contributed by atoms with van der Waals surface area (Å²) < 4.78 is 1.65. The van der Waals surface area contributed by atoms with E-state index in [4.69, 9.17) is 0 Å². The molecule has 0 aliphatic heterocycles. The lowest BCUT2D eigenvalue weighted by molar-refractivity contribution is 0.475. The van der Waals surface area contributed by atoms with E-state index in [1.807, 2.05) is 12.3 Å². The summed E-state index contributed by atoms with van der Waals surface area (Å²) in [5.74, 6) is 0.256. The lowest BCUT2D eigenvalue weighted by Crippen LogP contribution is -1.97. The number of benzene rings is 1. The highest BCUT2D eigenvalue weighted by atomic mass is 16.3. The number of aromatic nitrogens is 2. The highest BCUT2D eigenvalue weighted by Crippen LogP contribution is 2.16. The minimum atomic E-state index is 0.256. The molecule has 4 nitrogen and oxygen atoms in total. The van der Waals surface area contributed by atoms with Crippen molar-refractivity contribution < 1.29 is 5.11 Å². The van der Waals surface area contributed by atoms with Gasteiger partial charge in [0.25, 0.3) is 0 Å². The summed E-state index contributed by atoms with van der Waals surface area (Å²) in [6, 6.07) is 7.02. The fourth-order valence-electron chi connectivity index (χ4n) is 1.39. The molecule has 0 amide bonds. The van der Waals surface area contributed by atoms with Crippen molar-refractivity contribution in [1.29, 1.82) is 0 Å². The van der Waals surface area contributed by atoms with E-state index in [1.54, 1.807) is 35.3 Å². The van der Waals surface area contributed by atoms with Crippen LogP contribution in [0.3, 0.4) is 0 Å². The van der Waals surface area contributed by atoms with Crippen LogP contribution >= 0.6 is 0 Å². The van der Waals surface area contributed by atoms with Gasteiger partial charge < -0.3 is 10.4 Å². The molecule has 1 heterocycles. The molecule has 0 radical (unpaired) electrons. The molecule has 2 rings (SSSR count). The predicted molar refractivity (Wildman–Crippen MR) is 64.0 cm³/mol. The molecule has 82 valence electrons. The van der Waals surface area contributed by atoms with Crippen LogP contribution in [-0.2, 0) is 6.54 Å². The summed E-state index contributed by atoms with van der Waals surface area (Å²) in [5, 5.41) is 16.5. The fourth-order valence-corrected chi connectivity index (χ4v) is 1.39. The molecule has 0 bridgehead atoms. The number of rotatable bonds is 4. The van der Waals surface area contributed by atoms with Crippen molar-refractivity contribution in [3.05, 3.63) is 48.8 Å². The number of phenolic OH excluding ortho intramolecular Hbond substituents is 1. The summed E-state index contributed by atoms with van der Waals surface area (Å²) in [5.41, 5.74) is 1.94. The lowest BCUT2D eigenvalue weighted by atomic mass is 10.3. The van der Waals surface area contributed by atoms with Crippen LogP contribution in [0.15, 0.2) is 43.2 Å². The third-order valence-electron chi connectivity index (χ3n) is 2.18. The van der Waals surface area contributed by atoms with Crippen LogP contribution < -0.4 is 5.32 Å². The Labute approximate surface area is 93.8 Å². The number of nitrogens with one attached hydrogen (secondary N) is 1. The lowest BCUT2D eigenvalue weighted by Gasteiger charge is -2.04. The van der Waals surface area contributed by atoms with E-state index in [-0.39, 0.29) is 5.75 Å². The summed E-state index contributed by atoms with van der Waals surface area (Å²) in [4.78, 5) is 0. The van der Waals surface area contributed by atoms with Crippen LogP contribution in [0.5, 0.6) is 5.75 Å². The number of phenols is 1. The standard InChI is InChI=1S/C12H13N3O/c1-2-15-9-10(8-14-15)7-13-11-4-3-5-12(16)6-11/h2-6,8-9,13,16H,1,7H2. The first-order chi connectivity index (χ1) is 7.78. The fraction of sp³-hybridized carbons (Fsp3) is 0.0833. The number of nitrogens with zero attached hydrogens (tertiary/aromatic N) is 2. The van der Waals surface area contributed by atoms with E-state index < -0.39 is 0 Å². The van der Waals surface area contributed by atoms with Crippen molar-refractivity contribution in [3.63, 3.8) is 0 Å². The third kappa shape index (κ3) is 2.42. The molecule has 0 unspecified atom stereocenters. The van der Waals surface area contributed by atoms with Gasteiger partial charge in [0, 0.05) is 36.3 Å². The van der Waals surface area contributed by atoms with E-state index in [1.165, 1.54) is 0 Å². The minimum absolute atomic E-state index is 0.256. The van der Waals surface area contributed by atoms with Crippen molar-refractivity contribution >= 4 is 11.9 Å². The second kappa shape index (κ2) is 4.53. The Morgan fingerprint density at radius 3 is 3.06 bits per heavy atom. The number of hydrogen-bond acceptors (Lipinski definition) is 3. The molecule has 0 fully saturated rings. The van der Waals surface area contributed by atoms with E-state index in [0.29, 0.717) is 6.54 Å². The van der Waals surface area contributed by atoms with Gasteiger partial charge in [-0.1, -0.05) is 12.6 Å². The molecule has 2 aromatic rings. The monoisotopic (exact) mass is 215 g/mol.